The van der Waals surface area contributed by atoms with Crippen molar-refractivity contribution in [3.05, 3.63) is 52.5 Å². The lowest BCUT2D eigenvalue weighted by Crippen LogP contribution is -2.07. The van der Waals surface area contributed by atoms with Crippen LogP contribution in [0.4, 0.5) is 10.1 Å². The normalized spacial score (nSPS) is 11.5. The molecule has 0 atom stereocenters. The smallest absolute Gasteiger partial charge is 0.184 e. The number of hydrogen-bond acceptors (Lipinski definition) is 4. The Hall–Kier alpha value is -1.47. The fourth-order valence-corrected chi connectivity index (χ4v) is 3.10. The number of nitrogens with zero attached hydrogens (tertiary/aromatic N) is 1. The standard InChI is InChI=1S/C12H10BrFN2O2S/c13-8-1-2-11(16-6-8)7-19(17,18)12-4-9(14)3-10(15)5-12/h1-6H,7,15H2. The number of rotatable bonds is 3. The van der Waals surface area contributed by atoms with E-state index in [4.69, 9.17) is 5.73 Å². The second-order valence-corrected chi connectivity index (χ2v) is 6.85. The highest BCUT2D eigenvalue weighted by atomic mass is 79.9. The number of nitrogens with two attached hydrogens (primary N) is 1. The summed E-state index contributed by atoms with van der Waals surface area (Å²) in [5, 5.41) is 0. The summed E-state index contributed by atoms with van der Waals surface area (Å²) < 4.78 is 38.2. The van der Waals surface area contributed by atoms with Crippen LogP contribution in [0.2, 0.25) is 0 Å². The zero-order chi connectivity index (χ0) is 14.0. The van der Waals surface area contributed by atoms with E-state index < -0.39 is 15.7 Å². The zero-order valence-electron chi connectivity index (χ0n) is 9.68. The maximum absolute atomic E-state index is 13.2. The highest BCUT2D eigenvalue weighted by molar-refractivity contribution is 9.10. The highest BCUT2D eigenvalue weighted by Gasteiger charge is 2.17. The number of aromatic nitrogens is 1. The summed E-state index contributed by atoms with van der Waals surface area (Å²) in [6, 6.07) is 6.53. The van der Waals surface area contributed by atoms with Gasteiger partial charge in [0.15, 0.2) is 9.84 Å². The van der Waals surface area contributed by atoms with Crippen LogP contribution >= 0.6 is 15.9 Å². The predicted molar refractivity (Wildman–Crippen MR) is 73.6 cm³/mol. The Labute approximate surface area is 118 Å². The number of pyridine rings is 1. The molecule has 2 N–H and O–H groups in total. The van der Waals surface area contributed by atoms with Crippen LogP contribution in [0, 0.1) is 5.82 Å². The lowest BCUT2D eigenvalue weighted by Gasteiger charge is -2.05. The molecule has 2 aromatic rings. The van der Waals surface area contributed by atoms with Crippen LogP contribution in [0.5, 0.6) is 0 Å². The van der Waals surface area contributed by atoms with Crippen molar-refractivity contribution in [3.8, 4) is 0 Å². The monoisotopic (exact) mass is 344 g/mol. The minimum absolute atomic E-state index is 0.0716. The molecule has 2 rings (SSSR count). The minimum Gasteiger partial charge on any atom is -0.399 e. The number of benzene rings is 1. The maximum atomic E-state index is 13.2. The van der Waals surface area contributed by atoms with Crippen molar-refractivity contribution in [3.63, 3.8) is 0 Å². The summed E-state index contributed by atoms with van der Waals surface area (Å²) >= 11 is 3.21. The SMILES string of the molecule is Nc1cc(F)cc(S(=O)(=O)Cc2ccc(Br)cn2)c1. The van der Waals surface area contributed by atoms with Gasteiger partial charge in [-0.15, -0.1) is 0 Å². The lowest BCUT2D eigenvalue weighted by atomic mass is 10.3. The summed E-state index contributed by atoms with van der Waals surface area (Å²) in [5.74, 6) is -0.981. The molecule has 0 radical (unpaired) electrons. The molecule has 0 saturated heterocycles. The summed E-state index contributed by atoms with van der Waals surface area (Å²) in [7, 11) is -3.67. The van der Waals surface area contributed by atoms with E-state index in [-0.39, 0.29) is 16.3 Å². The molecule has 7 heteroatoms. The van der Waals surface area contributed by atoms with E-state index >= 15 is 0 Å². The first-order valence-electron chi connectivity index (χ1n) is 5.26. The van der Waals surface area contributed by atoms with Crippen molar-refractivity contribution in [1.29, 1.82) is 0 Å². The van der Waals surface area contributed by atoms with Crippen molar-refractivity contribution >= 4 is 31.5 Å². The first kappa shape index (κ1) is 14.0. The molecule has 0 bridgehead atoms. The average Bonchev–Trinajstić information content (AvgIpc) is 2.31. The largest absolute Gasteiger partial charge is 0.399 e. The number of anilines is 1. The van der Waals surface area contributed by atoms with E-state index in [1.54, 1.807) is 12.1 Å². The molecule has 4 nitrogen and oxygen atoms in total. The van der Waals surface area contributed by atoms with Crippen LogP contribution in [0.25, 0.3) is 0 Å². The molecular formula is C12H10BrFN2O2S. The van der Waals surface area contributed by atoms with Crippen LogP contribution < -0.4 is 5.73 Å². The molecule has 0 amide bonds. The van der Waals surface area contributed by atoms with Crippen LogP contribution in [0.1, 0.15) is 5.69 Å². The Bertz CT molecular complexity index is 682. The van der Waals surface area contributed by atoms with Gasteiger partial charge in [-0.1, -0.05) is 0 Å². The van der Waals surface area contributed by atoms with Gasteiger partial charge in [0, 0.05) is 16.4 Å². The van der Waals surface area contributed by atoms with Crippen molar-refractivity contribution in [2.45, 2.75) is 10.6 Å². The Balaban J connectivity index is 2.34. The maximum Gasteiger partial charge on any atom is 0.184 e. The topological polar surface area (TPSA) is 73.1 Å². The van der Waals surface area contributed by atoms with Gasteiger partial charge in [-0.25, -0.2) is 12.8 Å². The van der Waals surface area contributed by atoms with Crippen LogP contribution in [-0.2, 0) is 15.6 Å². The highest BCUT2D eigenvalue weighted by Crippen LogP contribution is 2.20. The predicted octanol–water partition coefficient (Wildman–Crippen LogP) is 2.54. The molecule has 1 aromatic heterocycles. The molecule has 0 fully saturated rings. The third-order valence-electron chi connectivity index (χ3n) is 2.38. The first-order valence-corrected chi connectivity index (χ1v) is 7.70. The van der Waals surface area contributed by atoms with Gasteiger partial charge in [-0.05, 0) is 46.3 Å². The second-order valence-electron chi connectivity index (χ2n) is 3.95. The number of sulfone groups is 1. The van der Waals surface area contributed by atoms with Crippen molar-refractivity contribution in [2.75, 3.05) is 5.73 Å². The van der Waals surface area contributed by atoms with Crippen LogP contribution in [0.15, 0.2) is 45.9 Å². The fraction of sp³-hybridized carbons (Fsp3) is 0.0833. The number of halogens is 2. The van der Waals surface area contributed by atoms with E-state index in [9.17, 15) is 12.8 Å². The Morgan fingerprint density at radius 3 is 2.58 bits per heavy atom. The van der Waals surface area contributed by atoms with Crippen molar-refractivity contribution < 1.29 is 12.8 Å². The fourth-order valence-electron chi connectivity index (χ4n) is 1.53. The van der Waals surface area contributed by atoms with E-state index in [0.29, 0.717) is 5.69 Å². The van der Waals surface area contributed by atoms with E-state index in [1.807, 2.05) is 0 Å². The Morgan fingerprint density at radius 1 is 1.26 bits per heavy atom. The van der Waals surface area contributed by atoms with Gasteiger partial charge in [0.05, 0.1) is 16.3 Å². The molecule has 0 saturated carbocycles. The van der Waals surface area contributed by atoms with Crippen LogP contribution in [0.3, 0.4) is 0 Å². The molecule has 0 spiro atoms. The van der Waals surface area contributed by atoms with Crippen molar-refractivity contribution in [1.82, 2.24) is 4.98 Å². The summed E-state index contributed by atoms with van der Waals surface area (Å²) in [5.41, 5.74) is 5.90. The second kappa shape index (κ2) is 5.26. The van der Waals surface area contributed by atoms with Gasteiger partial charge < -0.3 is 5.73 Å². The minimum atomic E-state index is -3.67. The number of hydrogen-bond donors (Lipinski definition) is 1. The molecular weight excluding hydrogens is 335 g/mol. The van der Waals surface area contributed by atoms with Gasteiger partial charge in [0.25, 0.3) is 0 Å². The third-order valence-corrected chi connectivity index (χ3v) is 4.48. The van der Waals surface area contributed by atoms with Gasteiger partial charge in [-0.2, -0.15) is 0 Å². The summed E-state index contributed by atoms with van der Waals surface area (Å²) in [6.45, 7) is 0. The number of nitrogen functional groups attached to an aromatic ring is 1. The molecule has 19 heavy (non-hydrogen) atoms. The molecule has 0 aliphatic rings. The quantitative estimate of drug-likeness (QED) is 0.868. The Kier molecular flexibility index (Phi) is 3.86. The molecule has 1 aromatic carbocycles. The van der Waals surface area contributed by atoms with Crippen molar-refractivity contribution in [2.24, 2.45) is 0 Å². The average molecular weight is 345 g/mol. The van der Waals surface area contributed by atoms with E-state index in [1.165, 1.54) is 12.3 Å². The summed E-state index contributed by atoms with van der Waals surface area (Å²) in [4.78, 5) is 3.84. The van der Waals surface area contributed by atoms with E-state index in [0.717, 1.165) is 16.6 Å². The molecule has 100 valence electrons. The lowest BCUT2D eigenvalue weighted by molar-refractivity contribution is 0.589. The third kappa shape index (κ3) is 3.51. The Morgan fingerprint density at radius 2 is 2.00 bits per heavy atom. The van der Waals surface area contributed by atoms with E-state index in [2.05, 4.69) is 20.9 Å². The van der Waals surface area contributed by atoms with Gasteiger partial charge in [-0.3, -0.25) is 4.98 Å². The van der Waals surface area contributed by atoms with Gasteiger partial charge >= 0.3 is 0 Å². The molecule has 0 aliphatic carbocycles. The summed E-state index contributed by atoms with van der Waals surface area (Å²) in [6.07, 6.45) is 1.50. The first-order chi connectivity index (χ1) is 8.87. The van der Waals surface area contributed by atoms with Gasteiger partial charge in [0.1, 0.15) is 5.82 Å². The zero-order valence-corrected chi connectivity index (χ0v) is 12.1. The molecule has 1 heterocycles. The van der Waals surface area contributed by atoms with Crippen LogP contribution in [-0.4, -0.2) is 13.4 Å². The molecule has 0 unspecified atom stereocenters. The van der Waals surface area contributed by atoms with Gasteiger partial charge in [0.2, 0.25) is 0 Å². The molecule has 0 aliphatic heterocycles.